The van der Waals surface area contributed by atoms with Crippen LogP contribution in [0, 0.1) is 5.41 Å². The van der Waals surface area contributed by atoms with Crippen LogP contribution in [-0.2, 0) is 4.79 Å². The van der Waals surface area contributed by atoms with Crippen molar-refractivity contribution in [3.05, 3.63) is 29.8 Å². The van der Waals surface area contributed by atoms with Gasteiger partial charge in [-0.15, -0.1) is 0 Å². The van der Waals surface area contributed by atoms with E-state index in [1.807, 2.05) is 0 Å². The molecule has 2 atom stereocenters. The van der Waals surface area contributed by atoms with Gasteiger partial charge in [-0.3, -0.25) is 9.59 Å². The number of carboxylic acid groups (broad SMARTS) is 1. The second kappa shape index (κ2) is 4.91. The Kier molecular flexibility index (Phi) is 3.46. The lowest BCUT2D eigenvalue weighted by Crippen LogP contribution is -2.47. The van der Waals surface area contributed by atoms with Crippen molar-refractivity contribution in [2.24, 2.45) is 5.41 Å². The van der Waals surface area contributed by atoms with Gasteiger partial charge in [-0.2, -0.15) is 0 Å². The van der Waals surface area contributed by atoms with Crippen molar-refractivity contribution in [2.45, 2.75) is 32.2 Å². The Morgan fingerprint density at radius 3 is 2.79 bits per heavy atom. The van der Waals surface area contributed by atoms with E-state index in [0.717, 1.165) is 6.42 Å². The maximum absolute atomic E-state index is 12.0. The number of carbonyl (C=O) groups excluding carboxylic acids is 1. The molecule has 0 spiro atoms. The quantitative estimate of drug-likeness (QED) is 0.775. The van der Waals surface area contributed by atoms with Crippen molar-refractivity contribution in [1.82, 2.24) is 5.32 Å². The summed E-state index contributed by atoms with van der Waals surface area (Å²) < 4.78 is 0. The zero-order valence-corrected chi connectivity index (χ0v) is 10.7. The normalized spacial score (nSPS) is 26.1. The number of phenols is 1. The lowest BCUT2D eigenvalue weighted by Gasteiger charge is -2.27. The third kappa shape index (κ3) is 2.54. The van der Waals surface area contributed by atoms with E-state index in [9.17, 15) is 19.8 Å². The van der Waals surface area contributed by atoms with Gasteiger partial charge in [0.1, 0.15) is 5.75 Å². The molecule has 5 heteroatoms. The molecule has 102 valence electrons. The first-order valence-electron chi connectivity index (χ1n) is 6.27. The highest BCUT2D eigenvalue weighted by molar-refractivity contribution is 5.95. The van der Waals surface area contributed by atoms with Gasteiger partial charge >= 0.3 is 5.97 Å². The van der Waals surface area contributed by atoms with E-state index >= 15 is 0 Å². The molecule has 2 unspecified atom stereocenters. The minimum Gasteiger partial charge on any atom is -0.508 e. The van der Waals surface area contributed by atoms with E-state index in [0.29, 0.717) is 18.4 Å². The summed E-state index contributed by atoms with van der Waals surface area (Å²) >= 11 is 0. The third-order valence-electron chi connectivity index (χ3n) is 3.86. The van der Waals surface area contributed by atoms with Crippen LogP contribution < -0.4 is 5.32 Å². The molecular weight excluding hydrogens is 246 g/mol. The maximum Gasteiger partial charge on any atom is 0.311 e. The topological polar surface area (TPSA) is 86.6 Å². The monoisotopic (exact) mass is 263 g/mol. The largest absolute Gasteiger partial charge is 0.508 e. The highest BCUT2D eigenvalue weighted by Crippen LogP contribution is 2.38. The van der Waals surface area contributed by atoms with Gasteiger partial charge in [0.15, 0.2) is 0 Å². The second-order valence-corrected chi connectivity index (χ2v) is 5.19. The molecule has 3 N–H and O–H groups in total. The van der Waals surface area contributed by atoms with E-state index in [1.165, 1.54) is 12.1 Å². The summed E-state index contributed by atoms with van der Waals surface area (Å²) in [6.07, 6.45) is 2.01. The standard InChI is InChI=1S/C14H17NO4/c1-14(13(18)19)7-3-6-11(14)15-12(17)9-4-2-5-10(16)8-9/h2,4-5,8,11,16H,3,6-7H2,1H3,(H,15,17)(H,18,19). The number of benzene rings is 1. The average molecular weight is 263 g/mol. The van der Waals surface area contributed by atoms with E-state index in [-0.39, 0.29) is 17.7 Å². The fourth-order valence-electron chi connectivity index (χ4n) is 2.54. The number of aliphatic carboxylic acids is 1. The number of amides is 1. The Balaban J connectivity index is 2.13. The summed E-state index contributed by atoms with van der Waals surface area (Å²) in [4.78, 5) is 23.4. The highest BCUT2D eigenvalue weighted by Gasteiger charge is 2.45. The average Bonchev–Trinajstić information content (AvgIpc) is 2.72. The number of hydrogen-bond acceptors (Lipinski definition) is 3. The molecule has 2 rings (SSSR count). The fraction of sp³-hybridized carbons (Fsp3) is 0.429. The summed E-state index contributed by atoms with van der Waals surface area (Å²) in [5.41, 5.74) is -0.577. The predicted molar refractivity (Wildman–Crippen MR) is 69.0 cm³/mol. The van der Waals surface area contributed by atoms with Crippen molar-refractivity contribution in [3.8, 4) is 5.75 Å². The van der Waals surface area contributed by atoms with Crippen LogP contribution in [0.5, 0.6) is 5.75 Å². The first-order valence-corrected chi connectivity index (χ1v) is 6.27. The molecule has 5 nitrogen and oxygen atoms in total. The molecule has 0 bridgehead atoms. The van der Waals surface area contributed by atoms with Crippen LogP contribution in [0.1, 0.15) is 36.5 Å². The second-order valence-electron chi connectivity index (χ2n) is 5.19. The van der Waals surface area contributed by atoms with Crippen LogP contribution in [0.4, 0.5) is 0 Å². The Labute approximate surface area is 111 Å². The van der Waals surface area contributed by atoms with Gasteiger partial charge in [-0.05, 0) is 38.0 Å². The summed E-state index contributed by atoms with van der Waals surface area (Å²) in [5, 5.41) is 21.4. The number of aromatic hydroxyl groups is 1. The molecular formula is C14H17NO4. The van der Waals surface area contributed by atoms with Crippen LogP contribution in [0.15, 0.2) is 24.3 Å². The first-order chi connectivity index (χ1) is 8.93. The molecule has 0 aliphatic heterocycles. The first kappa shape index (κ1) is 13.4. The Hall–Kier alpha value is -2.04. The van der Waals surface area contributed by atoms with Crippen LogP contribution in [0.2, 0.25) is 0 Å². The van der Waals surface area contributed by atoms with E-state index in [4.69, 9.17) is 0 Å². The number of hydrogen-bond donors (Lipinski definition) is 3. The predicted octanol–water partition coefficient (Wildman–Crippen LogP) is 1.77. The van der Waals surface area contributed by atoms with Crippen LogP contribution >= 0.6 is 0 Å². The van der Waals surface area contributed by atoms with Gasteiger partial charge in [0, 0.05) is 11.6 Å². The number of nitrogens with one attached hydrogen (secondary N) is 1. The van der Waals surface area contributed by atoms with Crippen LogP contribution in [0.25, 0.3) is 0 Å². The van der Waals surface area contributed by atoms with Gasteiger partial charge in [0.2, 0.25) is 0 Å². The Morgan fingerprint density at radius 1 is 1.42 bits per heavy atom. The summed E-state index contributed by atoms with van der Waals surface area (Å²) in [5.74, 6) is -1.22. The molecule has 1 saturated carbocycles. The summed E-state index contributed by atoms with van der Waals surface area (Å²) in [6.45, 7) is 1.66. The fourth-order valence-corrected chi connectivity index (χ4v) is 2.54. The van der Waals surface area contributed by atoms with Crippen molar-refractivity contribution in [2.75, 3.05) is 0 Å². The maximum atomic E-state index is 12.0. The molecule has 0 aromatic heterocycles. The molecule has 1 aromatic rings. The number of rotatable bonds is 3. The highest BCUT2D eigenvalue weighted by atomic mass is 16.4. The van der Waals surface area contributed by atoms with E-state index < -0.39 is 11.4 Å². The summed E-state index contributed by atoms with van der Waals surface area (Å²) in [6, 6.07) is 5.63. The Bertz CT molecular complexity index is 514. The lowest BCUT2D eigenvalue weighted by atomic mass is 9.85. The lowest BCUT2D eigenvalue weighted by molar-refractivity contribution is -0.148. The molecule has 1 aliphatic rings. The van der Waals surface area contributed by atoms with Gasteiger partial charge in [0.25, 0.3) is 5.91 Å². The molecule has 1 amide bonds. The zero-order chi connectivity index (χ0) is 14.0. The van der Waals surface area contributed by atoms with E-state index in [1.54, 1.807) is 19.1 Å². The molecule has 1 aliphatic carbocycles. The van der Waals surface area contributed by atoms with Crippen molar-refractivity contribution >= 4 is 11.9 Å². The number of carboxylic acids is 1. The van der Waals surface area contributed by atoms with Gasteiger partial charge < -0.3 is 15.5 Å². The van der Waals surface area contributed by atoms with Crippen molar-refractivity contribution in [3.63, 3.8) is 0 Å². The minimum atomic E-state index is -0.910. The van der Waals surface area contributed by atoms with Crippen LogP contribution in [0.3, 0.4) is 0 Å². The molecule has 1 fully saturated rings. The minimum absolute atomic E-state index is 0.0140. The Morgan fingerprint density at radius 2 is 2.16 bits per heavy atom. The zero-order valence-electron chi connectivity index (χ0n) is 10.7. The summed E-state index contributed by atoms with van der Waals surface area (Å²) in [7, 11) is 0. The molecule has 19 heavy (non-hydrogen) atoms. The SMILES string of the molecule is CC1(C(=O)O)CCCC1NC(=O)c1cccc(O)c1. The molecule has 0 radical (unpaired) electrons. The van der Waals surface area contributed by atoms with Gasteiger partial charge in [0.05, 0.1) is 5.41 Å². The van der Waals surface area contributed by atoms with Gasteiger partial charge in [-0.25, -0.2) is 0 Å². The molecule has 0 heterocycles. The third-order valence-corrected chi connectivity index (χ3v) is 3.86. The molecule has 0 saturated heterocycles. The van der Waals surface area contributed by atoms with Crippen LogP contribution in [-0.4, -0.2) is 28.1 Å². The number of carbonyl (C=O) groups is 2. The smallest absolute Gasteiger partial charge is 0.311 e. The number of phenolic OH excluding ortho intramolecular Hbond substituents is 1. The van der Waals surface area contributed by atoms with Crippen molar-refractivity contribution in [1.29, 1.82) is 0 Å². The van der Waals surface area contributed by atoms with Gasteiger partial charge in [-0.1, -0.05) is 12.5 Å². The molecule has 1 aromatic carbocycles. The van der Waals surface area contributed by atoms with E-state index in [2.05, 4.69) is 5.32 Å². The van der Waals surface area contributed by atoms with Crippen molar-refractivity contribution < 1.29 is 19.8 Å².